The first kappa shape index (κ1) is 26.8. The van der Waals surface area contributed by atoms with Crippen LogP contribution in [0.4, 0.5) is 5.69 Å². The Morgan fingerprint density at radius 3 is 2.34 bits per heavy atom. The Kier molecular flexibility index (Phi) is 8.98. The second kappa shape index (κ2) is 11.7. The molecule has 0 unspecified atom stereocenters. The number of benzene rings is 3. The van der Waals surface area contributed by atoms with E-state index in [1.807, 2.05) is 22.6 Å². The van der Waals surface area contributed by atoms with Crippen LogP contribution in [0.5, 0.6) is 11.5 Å². The van der Waals surface area contributed by atoms with E-state index in [1.54, 1.807) is 43.3 Å². The molecule has 0 bridgehead atoms. The molecule has 0 aliphatic carbocycles. The third-order valence-electron chi connectivity index (χ3n) is 4.78. The predicted octanol–water partition coefficient (Wildman–Crippen LogP) is 4.98. The molecule has 0 aliphatic rings. The number of carbonyl (C=O) groups is 2. The van der Waals surface area contributed by atoms with Gasteiger partial charge in [-0.1, -0.05) is 29.8 Å². The zero-order valence-electron chi connectivity index (χ0n) is 18.6. The lowest BCUT2D eigenvalue weighted by Gasteiger charge is -2.25. The molecule has 0 aromatic heterocycles. The van der Waals surface area contributed by atoms with Crippen LogP contribution < -0.4 is 14.8 Å². The Hall–Kier alpha value is -2.83. The van der Waals surface area contributed by atoms with Crippen molar-refractivity contribution in [1.29, 1.82) is 0 Å². The molecule has 11 heteroatoms. The molecule has 0 heterocycles. The highest BCUT2D eigenvalue weighted by Crippen LogP contribution is 2.38. The zero-order valence-corrected chi connectivity index (χ0v) is 22.3. The van der Waals surface area contributed by atoms with Crippen LogP contribution in [0.2, 0.25) is 5.02 Å². The minimum absolute atomic E-state index is 0.0911. The molecule has 3 aromatic carbocycles. The van der Waals surface area contributed by atoms with Crippen molar-refractivity contribution in [2.75, 3.05) is 17.5 Å². The van der Waals surface area contributed by atoms with Crippen molar-refractivity contribution in [3.05, 3.63) is 80.9 Å². The predicted molar refractivity (Wildman–Crippen MR) is 141 cm³/mol. The highest BCUT2D eigenvalue weighted by molar-refractivity contribution is 14.1. The average molecular weight is 629 g/mol. The maximum Gasteiger partial charge on any atom is 0.338 e. The standard InChI is InChI=1S/C24H22ClIN2O6S/c1-2-33-24(30)16-10-12-17(13-11-16)28(15-14-22(27)29)35(31,32)21-9-5-7-19(26)23(21)34-20-8-4-3-6-18(20)25/h3-13H,2,14-15H2,1H3,(H2,27,29). The van der Waals surface area contributed by atoms with Crippen molar-refractivity contribution in [3.8, 4) is 11.5 Å². The number of esters is 1. The number of carbonyl (C=O) groups excluding carboxylic acids is 2. The van der Waals surface area contributed by atoms with Gasteiger partial charge in [-0.25, -0.2) is 13.2 Å². The minimum atomic E-state index is -4.24. The van der Waals surface area contributed by atoms with Gasteiger partial charge >= 0.3 is 5.97 Å². The van der Waals surface area contributed by atoms with Gasteiger partial charge in [0, 0.05) is 13.0 Å². The number of para-hydroxylation sites is 2. The monoisotopic (exact) mass is 628 g/mol. The summed E-state index contributed by atoms with van der Waals surface area (Å²) in [5.74, 6) is -0.812. The summed E-state index contributed by atoms with van der Waals surface area (Å²) in [6.45, 7) is 1.68. The van der Waals surface area contributed by atoms with E-state index in [-0.39, 0.29) is 47.2 Å². The van der Waals surface area contributed by atoms with Gasteiger partial charge < -0.3 is 15.2 Å². The Morgan fingerprint density at radius 2 is 1.71 bits per heavy atom. The van der Waals surface area contributed by atoms with Crippen LogP contribution in [-0.2, 0) is 19.6 Å². The quantitative estimate of drug-likeness (QED) is 0.250. The molecule has 0 spiro atoms. The molecule has 2 N–H and O–H groups in total. The normalized spacial score (nSPS) is 11.1. The molecule has 0 atom stereocenters. The van der Waals surface area contributed by atoms with E-state index in [1.165, 1.54) is 30.3 Å². The van der Waals surface area contributed by atoms with E-state index in [0.717, 1.165) is 4.31 Å². The number of primary amides is 1. The van der Waals surface area contributed by atoms with E-state index < -0.39 is 21.9 Å². The maximum absolute atomic E-state index is 13.9. The second-order valence-corrected chi connectivity index (χ2v) is 10.6. The summed E-state index contributed by atoms with van der Waals surface area (Å²) in [6.07, 6.45) is -0.219. The van der Waals surface area contributed by atoms with E-state index in [9.17, 15) is 18.0 Å². The van der Waals surface area contributed by atoms with Gasteiger partial charge in [0.05, 0.1) is 26.5 Å². The van der Waals surface area contributed by atoms with Crippen LogP contribution in [-0.4, -0.2) is 33.4 Å². The molecular formula is C24H22ClIN2O6S. The fourth-order valence-corrected chi connectivity index (χ4v) is 5.70. The van der Waals surface area contributed by atoms with E-state index in [2.05, 4.69) is 0 Å². The SMILES string of the molecule is CCOC(=O)c1ccc(N(CCC(N)=O)S(=O)(=O)c2cccc(I)c2Oc2ccccc2Cl)cc1. The van der Waals surface area contributed by atoms with Crippen molar-refractivity contribution in [3.63, 3.8) is 0 Å². The lowest BCUT2D eigenvalue weighted by Crippen LogP contribution is -2.34. The molecule has 0 radical (unpaired) electrons. The van der Waals surface area contributed by atoms with Gasteiger partial charge in [0.2, 0.25) is 5.91 Å². The highest BCUT2D eigenvalue weighted by Gasteiger charge is 2.30. The number of ether oxygens (including phenoxy) is 2. The highest BCUT2D eigenvalue weighted by atomic mass is 127. The van der Waals surface area contributed by atoms with E-state index in [0.29, 0.717) is 8.59 Å². The summed E-state index contributed by atoms with van der Waals surface area (Å²) in [5.41, 5.74) is 5.81. The minimum Gasteiger partial charge on any atom is -0.462 e. The number of hydrogen-bond acceptors (Lipinski definition) is 6. The fraction of sp³-hybridized carbons (Fsp3) is 0.167. The molecular weight excluding hydrogens is 607 g/mol. The van der Waals surface area contributed by atoms with Gasteiger partial charge in [0.15, 0.2) is 5.75 Å². The van der Waals surface area contributed by atoms with Gasteiger partial charge in [-0.3, -0.25) is 9.10 Å². The first-order valence-electron chi connectivity index (χ1n) is 10.4. The summed E-state index contributed by atoms with van der Waals surface area (Å²) in [6, 6.07) is 17.2. The van der Waals surface area contributed by atoms with Crippen LogP contribution in [0.3, 0.4) is 0 Å². The summed E-state index contributed by atoms with van der Waals surface area (Å²) >= 11 is 8.20. The zero-order chi connectivity index (χ0) is 25.6. The molecule has 3 aromatic rings. The number of amides is 1. The van der Waals surface area contributed by atoms with Gasteiger partial charge in [-0.15, -0.1) is 0 Å². The molecule has 8 nitrogen and oxygen atoms in total. The van der Waals surface area contributed by atoms with E-state index in [4.69, 9.17) is 26.8 Å². The van der Waals surface area contributed by atoms with E-state index >= 15 is 0 Å². The van der Waals surface area contributed by atoms with Gasteiger partial charge in [-0.2, -0.15) is 0 Å². The van der Waals surface area contributed by atoms with Crippen LogP contribution in [0.25, 0.3) is 0 Å². The van der Waals surface area contributed by atoms with Crippen molar-refractivity contribution >= 4 is 61.8 Å². The lowest BCUT2D eigenvalue weighted by atomic mass is 10.2. The number of halogens is 2. The maximum atomic E-state index is 13.9. The van der Waals surface area contributed by atoms with Crippen molar-refractivity contribution in [2.45, 2.75) is 18.2 Å². The average Bonchev–Trinajstić information content (AvgIpc) is 2.82. The number of sulfonamides is 1. The first-order valence-corrected chi connectivity index (χ1v) is 13.3. The van der Waals surface area contributed by atoms with Crippen LogP contribution in [0.1, 0.15) is 23.7 Å². The third-order valence-corrected chi connectivity index (χ3v) is 7.79. The summed E-state index contributed by atoms with van der Waals surface area (Å²) in [4.78, 5) is 23.4. The number of rotatable bonds is 10. The van der Waals surface area contributed by atoms with Crippen molar-refractivity contribution in [1.82, 2.24) is 0 Å². The van der Waals surface area contributed by atoms with Gasteiger partial charge in [0.1, 0.15) is 10.6 Å². The number of anilines is 1. The fourth-order valence-electron chi connectivity index (χ4n) is 3.13. The van der Waals surface area contributed by atoms with Gasteiger partial charge in [0.25, 0.3) is 10.0 Å². The third kappa shape index (κ3) is 6.44. The van der Waals surface area contributed by atoms with Crippen molar-refractivity contribution < 1.29 is 27.5 Å². The smallest absolute Gasteiger partial charge is 0.338 e. The second-order valence-electron chi connectivity index (χ2n) is 7.16. The molecule has 0 saturated heterocycles. The molecule has 0 saturated carbocycles. The molecule has 35 heavy (non-hydrogen) atoms. The first-order chi connectivity index (χ1) is 16.6. The molecule has 1 amide bonds. The number of nitrogens with two attached hydrogens (primary N) is 1. The topological polar surface area (TPSA) is 116 Å². The Labute approximate surface area is 222 Å². The molecule has 3 rings (SSSR count). The summed E-state index contributed by atoms with van der Waals surface area (Å²) < 4.78 is 40.3. The van der Waals surface area contributed by atoms with Crippen LogP contribution >= 0.6 is 34.2 Å². The summed E-state index contributed by atoms with van der Waals surface area (Å²) in [5, 5.41) is 0.315. The molecule has 0 aliphatic heterocycles. The Balaban J connectivity index is 2.07. The van der Waals surface area contributed by atoms with Crippen LogP contribution in [0.15, 0.2) is 71.6 Å². The summed E-state index contributed by atoms with van der Waals surface area (Å²) in [7, 11) is -4.24. The largest absolute Gasteiger partial charge is 0.462 e. The van der Waals surface area contributed by atoms with Crippen LogP contribution in [0, 0.1) is 3.57 Å². The van der Waals surface area contributed by atoms with Crippen molar-refractivity contribution in [2.24, 2.45) is 5.73 Å². The number of hydrogen-bond donors (Lipinski definition) is 1. The lowest BCUT2D eigenvalue weighted by molar-refractivity contribution is -0.117. The number of nitrogens with zero attached hydrogens (tertiary/aromatic N) is 1. The Bertz CT molecular complexity index is 1330. The molecule has 0 fully saturated rings. The molecule has 184 valence electrons. The Morgan fingerprint density at radius 1 is 1.03 bits per heavy atom. The van der Waals surface area contributed by atoms with Gasteiger partial charge in [-0.05, 0) is 78.0 Å².